The van der Waals surface area contributed by atoms with E-state index < -0.39 is 15.4 Å². The quantitative estimate of drug-likeness (QED) is 0.612. The molecule has 0 heterocycles. The summed E-state index contributed by atoms with van der Waals surface area (Å²) in [6.45, 7) is 3.60. The lowest BCUT2D eigenvalue weighted by Gasteiger charge is -2.15. The van der Waals surface area contributed by atoms with Crippen LogP contribution >= 0.6 is 34.8 Å². The van der Waals surface area contributed by atoms with Gasteiger partial charge in [0.05, 0.1) is 0 Å². The van der Waals surface area contributed by atoms with Gasteiger partial charge in [0.15, 0.2) is 0 Å². The normalized spacial score (nSPS) is 11.3. The van der Waals surface area contributed by atoms with Crippen LogP contribution in [-0.2, 0) is 6.61 Å². The summed E-state index contributed by atoms with van der Waals surface area (Å²) in [5.41, 5.74) is 0.989. The maximum absolute atomic E-state index is 13.5. The van der Waals surface area contributed by atoms with Crippen LogP contribution in [0.4, 0.5) is 8.78 Å². The molecule has 0 unspecified atom stereocenters. The summed E-state index contributed by atoms with van der Waals surface area (Å²) in [5.74, 6) is -0.641. The van der Waals surface area contributed by atoms with Crippen LogP contribution < -0.4 is 4.74 Å². The van der Waals surface area contributed by atoms with E-state index in [0.29, 0.717) is 16.9 Å². The molecule has 0 spiro atoms. The Bertz CT molecular complexity index is 696. The summed E-state index contributed by atoms with van der Waals surface area (Å²) >= 11 is 17.3. The molecule has 0 saturated carbocycles. The Labute approximate surface area is 142 Å². The molecule has 22 heavy (non-hydrogen) atoms. The topological polar surface area (TPSA) is 9.23 Å². The first-order chi connectivity index (χ1) is 10.3. The highest BCUT2D eigenvalue weighted by molar-refractivity contribution is 6.72. The molecule has 0 aliphatic rings. The van der Waals surface area contributed by atoms with Gasteiger partial charge in [-0.05, 0) is 35.9 Å². The summed E-state index contributed by atoms with van der Waals surface area (Å²) in [6.07, 6.45) is 0. The molecule has 0 aromatic heterocycles. The van der Waals surface area contributed by atoms with Gasteiger partial charge >= 0.3 is 0 Å². The van der Waals surface area contributed by atoms with E-state index in [1.165, 1.54) is 0 Å². The van der Waals surface area contributed by atoms with Crippen LogP contribution in [0.25, 0.3) is 5.57 Å². The predicted octanol–water partition coefficient (Wildman–Crippen LogP) is 5.93. The highest BCUT2D eigenvalue weighted by Gasteiger charge is 2.25. The third-order valence-electron chi connectivity index (χ3n) is 2.93. The van der Waals surface area contributed by atoms with Gasteiger partial charge in [0, 0.05) is 11.1 Å². The Morgan fingerprint density at radius 1 is 1.09 bits per heavy atom. The van der Waals surface area contributed by atoms with Crippen molar-refractivity contribution in [2.75, 3.05) is 0 Å². The molecule has 0 amide bonds. The maximum atomic E-state index is 13.5. The van der Waals surface area contributed by atoms with Crippen LogP contribution in [0.1, 0.15) is 11.1 Å². The van der Waals surface area contributed by atoms with Crippen molar-refractivity contribution in [1.29, 1.82) is 0 Å². The molecule has 116 valence electrons. The zero-order valence-corrected chi connectivity index (χ0v) is 13.5. The van der Waals surface area contributed by atoms with Crippen molar-refractivity contribution in [2.24, 2.45) is 0 Å². The molecular weight excluding hydrogens is 353 g/mol. The zero-order valence-electron chi connectivity index (χ0n) is 11.3. The third-order valence-corrected chi connectivity index (χ3v) is 3.61. The second-order valence-electron chi connectivity index (χ2n) is 4.53. The maximum Gasteiger partial charge on any atom is 0.216 e. The largest absolute Gasteiger partial charge is 0.489 e. The molecule has 0 N–H and O–H groups in total. The molecule has 2 rings (SSSR count). The summed E-state index contributed by atoms with van der Waals surface area (Å²) in [4.78, 5) is 0. The molecule has 0 aliphatic carbocycles. The summed E-state index contributed by atoms with van der Waals surface area (Å²) < 4.78 is 30.4. The second kappa shape index (κ2) is 6.86. The van der Waals surface area contributed by atoms with Gasteiger partial charge in [0.25, 0.3) is 0 Å². The monoisotopic (exact) mass is 362 g/mol. The molecule has 2 aromatic carbocycles. The van der Waals surface area contributed by atoms with E-state index in [-0.39, 0.29) is 12.2 Å². The number of rotatable bonds is 4. The summed E-state index contributed by atoms with van der Waals surface area (Å²) in [7, 11) is 0. The van der Waals surface area contributed by atoms with E-state index >= 15 is 0 Å². The lowest BCUT2D eigenvalue weighted by Crippen LogP contribution is -2.05. The van der Waals surface area contributed by atoms with Crippen LogP contribution in [0.15, 0.2) is 49.0 Å². The SMILES string of the molecule is C=C(c1cccc(OCc2cc(F)ccc2F)c1)C(Cl)(Cl)Cl. The van der Waals surface area contributed by atoms with Crippen LogP contribution in [0.5, 0.6) is 5.75 Å². The van der Waals surface area contributed by atoms with Gasteiger partial charge < -0.3 is 4.74 Å². The minimum Gasteiger partial charge on any atom is -0.489 e. The van der Waals surface area contributed by atoms with E-state index in [4.69, 9.17) is 39.5 Å². The number of hydrogen-bond acceptors (Lipinski definition) is 1. The van der Waals surface area contributed by atoms with Gasteiger partial charge in [-0.25, -0.2) is 8.78 Å². The van der Waals surface area contributed by atoms with Crippen molar-refractivity contribution in [1.82, 2.24) is 0 Å². The fourth-order valence-corrected chi connectivity index (χ4v) is 2.08. The number of alkyl halides is 3. The average Bonchev–Trinajstić information content (AvgIpc) is 2.47. The molecule has 0 saturated heterocycles. The van der Waals surface area contributed by atoms with Crippen molar-refractivity contribution >= 4 is 40.4 Å². The van der Waals surface area contributed by atoms with E-state index in [2.05, 4.69) is 6.58 Å². The molecular formula is C16H11Cl3F2O. The van der Waals surface area contributed by atoms with Crippen LogP contribution in [0.3, 0.4) is 0 Å². The summed E-state index contributed by atoms with van der Waals surface area (Å²) in [6, 6.07) is 9.85. The van der Waals surface area contributed by atoms with Crippen molar-refractivity contribution in [3.8, 4) is 5.75 Å². The van der Waals surface area contributed by atoms with Gasteiger partial charge in [-0.15, -0.1) is 0 Å². The number of benzene rings is 2. The van der Waals surface area contributed by atoms with Gasteiger partial charge in [-0.1, -0.05) is 53.5 Å². The van der Waals surface area contributed by atoms with Gasteiger partial charge in [0.1, 0.15) is 24.0 Å². The van der Waals surface area contributed by atoms with E-state index in [0.717, 1.165) is 18.2 Å². The van der Waals surface area contributed by atoms with E-state index in [1.807, 2.05) is 0 Å². The highest BCUT2D eigenvalue weighted by Crippen LogP contribution is 2.40. The van der Waals surface area contributed by atoms with E-state index in [9.17, 15) is 8.78 Å². The van der Waals surface area contributed by atoms with Crippen molar-refractivity contribution in [3.05, 3.63) is 71.8 Å². The molecule has 6 heteroatoms. The highest BCUT2D eigenvalue weighted by atomic mass is 35.6. The van der Waals surface area contributed by atoms with Gasteiger partial charge in [-0.3, -0.25) is 0 Å². The first-order valence-electron chi connectivity index (χ1n) is 6.20. The number of ether oxygens (including phenoxy) is 1. The predicted molar refractivity (Wildman–Crippen MR) is 86.5 cm³/mol. The molecule has 0 aliphatic heterocycles. The van der Waals surface area contributed by atoms with Crippen molar-refractivity contribution < 1.29 is 13.5 Å². The van der Waals surface area contributed by atoms with Crippen LogP contribution in [0, 0.1) is 11.6 Å². The van der Waals surface area contributed by atoms with Crippen molar-refractivity contribution in [3.63, 3.8) is 0 Å². The molecule has 1 nitrogen and oxygen atoms in total. The Morgan fingerprint density at radius 3 is 2.50 bits per heavy atom. The Kier molecular flexibility index (Phi) is 5.32. The van der Waals surface area contributed by atoms with Crippen LogP contribution in [-0.4, -0.2) is 3.79 Å². The molecule has 0 radical (unpaired) electrons. The molecule has 0 bridgehead atoms. The Hall–Kier alpha value is -1.29. The fraction of sp³-hybridized carbons (Fsp3) is 0.125. The minimum absolute atomic E-state index is 0.116. The second-order valence-corrected chi connectivity index (χ2v) is 6.81. The first-order valence-corrected chi connectivity index (χ1v) is 7.34. The smallest absolute Gasteiger partial charge is 0.216 e. The molecule has 0 fully saturated rings. The Morgan fingerprint density at radius 2 is 1.82 bits per heavy atom. The van der Waals surface area contributed by atoms with Crippen LogP contribution in [0.2, 0.25) is 0 Å². The van der Waals surface area contributed by atoms with Gasteiger partial charge in [0.2, 0.25) is 3.79 Å². The number of halogens is 5. The zero-order chi connectivity index (χ0) is 16.3. The minimum atomic E-state index is -1.63. The Balaban J connectivity index is 2.14. The fourth-order valence-electron chi connectivity index (χ4n) is 1.75. The molecule has 0 atom stereocenters. The summed E-state index contributed by atoms with van der Waals surface area (Å²) in [5, 5.41) is 0. The first kappa shape index (κ1) is 17.1. The standard InChI is InChI=1S/C16H11Cl3F2O/c1-10(16(17,18)19)11-3-2-4-14(8-11)22-9-12-7-13(20)5-6-15(12)21/h2-8H,1,9H2. The van der Waals surface area contributed by atoms with Gasteiger partial charge in [-0.2, -0.15) is 0 Å². The lowest BCUT2D eigenvalue weighted by molar-refractivity contribution is 0.299. The number of allylic oxidation sites excluding steroid dienone is 1. The van der Waals surface area contributed by atoms with E-state index in [1.54, 1.807) is 24.3 Å². The average molecular weight is 364 g/mol. The van der Waals surface area contributed by atoms with Crippen molar-refractivity contribution in [2.45, 2.75) is 10.4 Å². The molecule has 2 aromatic rings. The third kappa shape index (κ3) is 4.35. The number of hydrogen-bond donors (Lipinski definition) is 0. The lowest BCUT2D eigenvalue weighted by atomic mass is 10.1.